The second-order valence-electron chi connectivity index (χ2n) is 5.88. The first-order valence-corrected chi connectivity index (χ1v) is 6.88. The van der Waals surface area contributed by atoms with Crippen molar-refractivity contribution in [1.82, 2.24) is 5.32 Å². The van der Waals surface area contributed by atoms with Crippen LogP contribution in [0, 0.1) is 5.92 Å². The minimum Gasteiger partial charge on any atom is -0.372 e. The Labute approximate surface area is 101 Å². The summed E-state index contributed by atoms with van der Waals surface area (Å²) in [7, 11) is 0. The number of ether oxygens (including phenoxy) is 1. The maximum atomic E-state index is 13.0. The molecule has 2 saturated carbocycles. The van der Waals surface area contributed by atoms with Gasteiger partial charge in [-0.05, 0) is 19.3 Å². The topological polar surface area (TPSA) is 21.3 Å². The largest absolute Gasteiger partial charge is 0.372 e. The number of alkyl halides is 2. The highest BCUT2D eigenvalue weighted by atomic mass is 19.3. The molecule has 2 unspecified atom stereocenters. The van der Waals surface area contributed by atoms with E-state index in [0.717, 1.165) is 26.0 Å². The summed E-state index contributed by atoms with van der Waals surface area (Å²) in [5, 5.41) is 3.43. The van der Waals surface area contributed by atoms with E-state index < -0.39 is 11.8 Å². The maximum absolute atomic E-state index is 13.0. The molecule has 98 valence electrons. The molecule has 0 aromatic heterocycles. The zero-order valence-corrected chi connectivity index (χ0v) is 10.2. The zero-order valence-electron chi connectivity index (χ0n) is 10.2. The molecule has 1 saturated heterocycles. The van der Waals surface area contributed by atoms with Gasteiger partial charge in [-0.1, -0.05) is 19.3 Å². The van der Waals surface area contributed by atoms with Crippen LogP contribution in [0.1, 0.15) is 44.9 Å². The quantitative estimate of drug-likeness (QED) is 0.807. The molecule has 0 amide bonds. The fraction of sp³-hybridized carbons (Fsp3) is 1.00. The summed E-state index contributed by atoms with van der Waals surface area (Å²) in [5.41, 5.74) is -0.130. The second-order valence-corrected chi connectivity index (χ2v) is 5.88. The molecule has 0 bridgehead atoms. The van der Waals surface area contributed by atoms with E-state index in [1.807, 2.05) is 0 Å². The van der Waals surface area contributed by atoms with E-state index in [1.165, 1.54) is 19.3 Å². The van der Waals surface area contributed by atoms with Crippen molar-refractivity contribution in [1.29, 1.82) is 0 Å². The number of rotatable bonds is 2. The molecule has 2 nitrogen and oxygen atoms in total. The minimum atomic E-state index is -2.39. The van der Waals surface area contributed by atoms with E-state index in [4.69, 9.17) is 4.74 Å². The van der Waals surface area contributed by atoms with Gasteiger partial charge in [-0.25, -0.2) is 8.78 Å². The fourth-order valence-corrected chi connectivity index (χ4v) is 3.53. The molecule has 3 fully saturated rings. The lowest BCUT2D eigenvalue weighted by molar-refractivity contribution is -0.121. The number of hydrogen-bond acceptors (Lipinski definition) is 2. The number of hydrogen-bond donors (Lipinski definition) is 1. The van der Waals surface area contributed by atoms with Crippen LogP contribution in [0.15, 0.2) is 0 Å². The molecular weight excluding hydrogens is 224 g/mol. The summed E-state index contributed by atoms with van der Waals surface area (Å²) in [5.74, 6) is -2.80. The first kappa shape index (κ1) is 11.8. The lowest BCUT2D eigenvalue weighted by atomic mass is 9.76. The summed E-state index contributed by atoms with van der Waals surface area (Å²) in [6.45, 7) is 1.54. The molecule has 0 aromatic rings. The van der Waals surface area contributed by atoms with E-state index in [0.29, 0.717) is 6.42 Å². The van der Waals surface area contributed by atoms with Crippen molar-refractivity contribution in [3.8, 4) is 0 Å². The van der Waals surface area contributed by atoms with E-state index in [9.17, 15) is 8.78 Å². The lowest BCUT2D eigenvalue weighted by Gasteiger charge is -2.47. The molecule has 1 spiro atoms. The third-order valence-electron chi connectivity index (χ3n) is 4.69. The first-order valence-electron chi connectivity index (χ1n) is 6.88. The summed E-state index contributed by atoms with van der Waals surface area (Å²) >= 11 is 0. The molecule has 17 heavy (non-hydrogen) atoms. The van der Waals surface area contributed by atoms with E-state index >= 15 is 0 Å². The van der Waals surface area contributed by atoms with Gasteiger partial charge in [-0.3, -0.25) is 0 Å². The van der Waals surface area contributed by atoms with Gasteiger partial charge in [0.25, 0.3) is 5.92 Å². The van der Waals surface area contributed by atoms with Crippen molar-refractivity contribution < 1.29 is 13.5 Å². The Bertz CT molecular complexity index is 281. The average molecular weight is 245 g/mol. The summed E-state index contributed by atoms with van der Waals surface area (Å²) in [6.07, 6.45) is 6.38. The van der Waals surface area contributed by atoms with Crippen molar-refractivity contribution >= 4 is 0 Å². The first-order chi connectivity index (χ1) is 8.12. The Morgan fingerprint density at radius 2 is 1.88 bits per heavy atom. The molecule has 3 aliphatic rings. The smallest absolute Gasteiger partial charge is 0.251 e. The van der Waals surface area contributed by atoms with Gasteiger partial charge in [-0.15, -0.1) is 0 Å². The van der Waals surface area contributed by atoms with Crippen molar-refractivity contribution in [2.75, 3.05) is 13.2 Å². The molecule has 0 radical (unpaired) electrons. The van der Waals surface area contributed by atoms with Crippen LogP contribution in [0.4, 0.5) is 8.78 Å². The van der Waals surface area contributed by atoms with Crippen LogP contribution in [-0.4, -0.2) is 30.7 Å². The summed E-state index contributed by atoms with van der Waals surface area (Å²) < 4.78 is 32.1. The van der Waals surface area contributed by atoms with Gasteiger partial charge in [0.15, 0.2) is 0 Å². The van der Waals surface area contributed by atoms with E-state index in [1.54, 1.807) is 0 Å². The van der Waals surface area contributed by atoms with Gasteiger partial charge in [-0.2, -0.15) is 0 Å². The molecular formula is C13H21F2NO. The number of morpholine rings is 1. The highest BCUT2D eigenvalue weighted by Crippen LogP contribution is 2.53. The van der Waals surface area contributed by atoms with Crippen LogP contribution in [-0.2, 0) is 4.74 Å². The SMILES string of the molecule is FC1(F)CC1CC1NCCOC12CCCCC2. The van der Waals surface area contributed by atoms with E-state index in [-0.39, 0.29) is 18.1 Å². The van der Waals surface area contributed by atoms with Crippen molar-refractivity contribution in [2.45, 2.75) is 62.5 Å². The Morgan fingerprint density at radius 1 is 1.18 bits per heavy atom. The number of nitrogens with one attached hydrogen (secondary N) is 1. The summed E-state index contributed by atoms with van der Waals surface area (Å²) in [4.78, 5) is 0. The van der Waals surface area contributed by atoms with Crippen LogP contribution in [0.5, 0.6) is 0 Å². The van der Waals surface area contributed by atoms with Crippen LogP contribution in [0.2, 0.25) is 0 Å². The lowest BCUT2D eigenvalue weighted by Crippen LogP contribution is -2.59. The minimum absolute atomic E-state index is 0.0846. The van der Waals surface area contributed by atoms with Gasteiger partial charge in [0.2, 0.25) is 0 Å². The Hall–Kier alpha value is -0.220. The van der Waals surface area contributed by atoms with Crippen molar-refractivity contribution in [3.63, 3.8) is 0 Å². The van der Waals surface area contributed by atoms with Gasteiger partial charge in [0.05, 0.1) is 12.2 Å². The highest BCUT2D eigenvalue weighted by molar-refractivity contribution is 5.04. The van der Waals surface area contributed by atoms with Gasteiger partial charge in [0.1, 0.15) is 0 Å². The monoisotopic (exact) mass is 245 g/mol. The van der Waals surface area contributed by atoms with Crippen molar-refractivity contribution in [2.24, 2.45) is 5.92 Å². The normalized spacial score (nSPS) is 39.2. The van der Waals surface area contributed by atoms with Crippen LogP contribution in [0.25, 0.3) is 0 Å². The average Bonchev–Trinajstić information content (AvgIpc) is 2.91. The Balaban J connectivity index is 1.67. The van der Waals surface area contributed by atoms with Crippen LogP contribution < -0.4 is 5.32 Å². The second kappa shape index (κ2) is 4.16. The predicted octanol–water partition coefficient (Wildman–Crippen LogP) is 2.72. The van der Waals surface area contributed by atoms with E-state index in [2.05, 4.69) is 5.32 Å². The predicted molar refractivity (Wildman–Crippen MR) is 61.2 cm³/mol. The Morgan fingerprint density at radius 3 is 2.53 bits per heavy atom. The molecule has 4 heteroatoms. The summed E-state index contributed by atoms with van der Waals surface area (Å²) in [6, 6.07) is 0.148. The van der Waals surface area contributed by atoms with Gasteiger partial charge < -0.3 is 10.1 Å². The zero-order chi connectivity index (χ0) is 11.9. The number of halogens is 2. The third-order valence-corrected chi connectivity index (χ3v) is 4.69. The van der Waals surface area contributed by atoms with Crippen LogP contribution >= 0.6 is 0 Å². The molecule has 1 heterocycles. The van der Waals surface area contributed by atoms with Crippen LogP contribution in [0.3, 0.4) is 0 Å². The Kier molecular flexibility index (Phi) is 2.90. The molecule has 2 atom stereocenters. The van der Waals surface area contributed by atoms with Crippen molar-refractivity contribution in [3.05, 3.63) is 0 Å². The molecule has 2 aliphatic carbocycles. The molecule has 1 N–H and O–H groups in total. The molecule has 3 rings (SSSR count). The van der Waals surface area contributed by atoms with Gasteiger partial charge >= 0.3 is 0 Å². The standard InChI is InChI=1S/C13H21F2NO/c14-13(15)9-10(13)8-11-12(17-7-6-16-11)4-2-1-3-5-12/h10-11,16H,1-9H2. The molecule has 1 aliphatic heterocycles. The van der Waals surface area contributed by atoms with Gasteiger partial charge in [0, 0.05) is 24.9 Å². The third kappa shape index (κ3) is 2.22. The molecule has 0 aromatic carbocycles. The fourth-order valence-electron chi connectivity index (χ4n) is 3.53. The maximum Gasteiger partial charge on any atom is 0.251 e. The highest BCUT2D eigenvalue weighted by Gasteiger charge is 2.59.